The highest BCUT2D eigenvalue weighted by molar-refractivity contribution is 5.68. The lowest BCUT2D eigenvalue weighted by molar-refractivity contribution is 1.14. The van der Waals surface area contributed by atoms with Gasteiger partial charge in [0.15, 0.2) is 5.82 Å². The second-order valence-electron chi connectivity index (χ2n) is 3.70. The van der Waals surface area contributed by atoms with Crippen molar-refractivity contribution in [3.8, 4) is 0 Å². The minimum Gasteiger partial charge on any atom is -0.391 e. The first-order valence-electron chi connectivity index (χ1n) is 5.05. The maximum Gasteiger partial charge on any atom is 0.277 e. The Morgan fingerprint density at radius 1 is 1.24 bits per heavy atom. The predicted molar refractivity (Wildman–Crippen MR) is 68.1 cm³/mol. The number of aromatic nitrogens is 2. The summed E-state index contributed by atoms with van der Waals surface area (Å²) in [6.07, 6.45) is 0. The van der Waals surface area contributed by atoms with E-state index >= 15 is 0 Å². The first-order valence-corrected chi connectivity index (χ1v) is 5.05. The molecule has 0 fully saturated rings. The molecule has 6 nitrogen and oxygen atoms in total. The molecule has 0 saturated carbocycles. The molecule has 0 aliphatic carbocycles. The lowest BCUT2D eigenvalue weighted by atomic mass is 10.2. The fourth-order valence-electron chi connectivity index (χ4n) is 1.37. The van der Waals surface area contributed by atoms with E-state index < -0.39 is 5.56 Å². The van der Waals surface area contributed by atoms with Crippen LogP contribution in [0.3, 0.4) is 0 Å². The Balaban J connectivity index is 2.36. The van der Waals surface area contributed by atoms with Crippen LogP contribution in [0.5, 0.6) is 0 Å². The summed E-state index contributed by atoms with van der Waals surface area (Å²) < 4.78 is 0. The van der Waals surface area contributed by atoms with E-state index in [4.69, 9.17) is 11.5 Å². The molecule has 6 N–H and O–H groups in total. The third-order valence-corrected chi connectivity index (χ3v) is 2.29. The largest absolute Gasteiger partial charge is 0.391 e. The summed E-state index contributed by atoms with van der Waals surface area (Å²) in [5, 5.41) is 2.94. The van der Waals surface area contributed by atoms with E-state index in [1.54, 1.807) is 0 Å². The molecule has 0 atom stereocenters. The van der Waals surface area contributed by atoms with Crippen LogP contribution < -0.4 is 22.3 Å². The summed E-state index contributed by atoms with van der Waals surface area (Å²) in [6, 6.07) is 7.62. The van der Waals surface area contributed by atoms with Gasteiger partial charge in [-0.15, -0.1) is 0 Å². The van der Waals surface area contributed by atoms with Crippen molar-refractivity contribution < 1.29 is 0 Å². The van der Waals surface area contributed by atoms with Gasteiger partial charge < -0.3 is 16.8 Å². The summed E-state index contributed by atoms with van der Waals surface area (Å²) in [6.45, 7) is 1.99. The average molecular weight is 231 g/mol. The number of nitrogen functional groups attached to an aromatic ring is 2. The average Bonchev–Trinajstić information content (AvgIpc) is 2.28. The van der Waals surface area contributed by atoms with Crippen LogP contribution >= 0.6 is 0 Å². The van der Waals surface area contributed by atoms with Gasteiger partial charge in [-0.3, -0.25) is 9.78 Å². The number of anilines is 4. The molecule has 0 saturated heterocycles. The Morgan fingerprint density at radius 2 is 1.88 bits per heavy atom. The normalized spacial score (nSPS) is 10.2. The molecule has 0 aliphatic heterocycles. The highest BCUT2D eigenvalue weighted by atomic mass is 16.1. The Labute approximate surface area is 97.7 Å². The van der Waals surface area contributed by atoms with E-state index in [9.17, 15) is 4.79 Å². The van der Waals surface area contributed by atoms with E-state index in [0.29, 0.717) is 0 Å². The number of rotatable bonds is 2. The van der Waals surface area contributed by atoms with Crippen LogP contribution in [0.2, 0.25) is 0 Å². The molecule has 1 aromatic heterocycles. The molecule has 17 heavy (non-hydrogen) atoms. The van der Waals surface area contributed by atoms with Gasteiger partial charge in [0.2, 0.25) is 5.95 Å². The monoisotopic (exact) mass is 231 g/mol. The molecule has 0 bridgehead atoms. The Bertz CT molecular complexity index is 588. The van der Waals surface area contributed by atoms with Crippen molar-refractivity contribution in [3.05, 3.63) is 40.2 Å². The van der Waals surface area contributed by atoms with Crippen LogP contribution in [0.1, 0.15) is 5.56 Å². The van der Waals surface area contributed by atoms with Gasteiger partial charge in [0.05, 0.1) is 0 Å². The quantitative estimate of drug-likeness (QED) is 0.616. The van der Waals surface area contributed by atoms with Crippen molar-refractivity contribution in [2.45, 2.75) is 6.92 Å². The van der Waals surface area contributed by atoms with Gasteiger partial charge in [0, 0.05) is 5.69 Å². The molecule has 0 radical (unpaired) electrons. The highest BCUT2D eigenvalue weighted by Crippen LogP contribution is 2.18. The second-order valence-corrected chi connectivity index (χ2v) is 3.70. The van der Waals surface area contributed by atoms with Gasteiger partial charge in [-0.05, 0) is 19.1 Å². The van der Waals surface area contributed by atoms with Crippen LogP contribution in [0, 0.1) is 6.92 Å². The van der Waals surface area contributed by atoms with E-state index in [-0.39, 0.29) is 17.5 Å². The number of H-pyrrole nitrogens is 1. The molecule has 6 heteroatoms. The second kappa shape index (κ2) is 4.17. The number of hydrogen-bond acceptors (Lipinski definition) is 5. The van der Waals surface area contributed by atoms with Gasteiger partial charge in [-0.1, -0.05) is 17.7 Å². The van der Waals surface area contributed by atoms with Crippen molar-refractivity contribution in [2.24, 2.45) is 0 Å². The third kappa shape index (κ3) is 2.36. The molecule has 2 aromatic rings. The molecule has 0 unspecified atom stereocenters. The first kappa shape index (κ1) is 11.0. The van der Waals surface area contributed by atoms with Gasteiger partial charge in [-0.2, -0.15) is 4.98 Å². The number of benzene rings is 1. The van der Waals surface area contributed by atoms with Gasteiger partial charge >= 0.3 is 0 Å². The summed E-state index contributed by atoms with van der Waals surface area (Å²) >= 11 is 0. The molecule has 2 rings (SSSR count). The molecule has 0 amide bonds. The molecule has 0 aliphatic rings. The zero-order chi connectivity index (χ0) is 12.4. The van der Waals surface area contributed by atoms with Crippen molar-refractivity contribution in [2.75, 3.05) is 16.8 Å². The fourth-order valence-corrected chi connectivity index (χ4v) is 1.37. The molecule has 88 valence electrons. The first-order chi connectivity index (χ1) is 8.06. The molecule has 0 spiro atoms. The maximum atomic E-state index is 11.4. The number of aryl methyl sites for hydroxylation is 1. The highest BCUT2D eigenvalue weighted by Gasteiger charge is 2.06. The summed E-state index contributed by atoms with van der Waals surface area (Å²) in [4.78, 5) is 17.6. The summed E-state index contributed by atoms with van der Waals surface area (Å²) in [5.74, 6) is 0.286. The fraction of sp³-hybridized carbons (Fsp3) is 0.0909. The minimum absolute atomic E-state index is 0.0137. The van der Waals surface area contributed by atoms with Gasteiger partial charge in [0.25, 0.3) is 5.56 Å². The van der Waals surface area contributed by atoms with E-state index in [0.717, 1.165) is 11.3 Å². The Hall–Kier alpha value is -2.50. The number of aromatic amines is 1. The Morgan fingerprint density at radius 3 is 2.53 bits per heavy atom. The van der Waals surface area contributed by atoms with Crippen molar-refractivity contribution in [1.29, 1.82) is 0 Å². The molecule has 1 heterocycles. The standard InChI is InChI=1S/C11H13N5O/c1-6-2-4-7(5-3-6)14-9-8(12)10(17)16-11(13)15-9/h2-5H,12H2,1H3,(H4,13,14,15,16,17). The van der Waals surface area contributed by atoms with Gasteiger partial charge in [0.1, 0.15) is 5.69 Å². The zero-order valence-electron chi connectivity index (χ0n) is 9.32. The number of nitrogens with two attached hydrogens (primary N) is 2. The van der Waals surface area contributed by atoms with Crippen LogP contribution in [-0.4, -0.2) is 9.97 Å². The predicted octanol–water partition coefficient (Wildman–Crippen LogP) is 0.986. The van der Waals surface area contributed by atoms with E-state index in [2.05, 4.69) is 15.3 Å². The van der Waals surface area contributed by atoms with Crippen molar-refractivity contribution in [1.82, 2.24) is 9.97 Å². The SMILES string of the molecule is Cc1ccc(Nc2nc(N)[nH]c(=O)c2N)cc1. The maximum absolute atomic E-state index is 11.4. The van der Waals surface area contributed by atoms with Crippen LogP contribution in [0.15, 0.2) is 29.1 Å². The van der Waals surface area contributed by atoms with Crippen LogP contribution in [-0.2, 0) is 0 Å². The minimum atomic E-state index is -0.452. The van der Waals surface area contributed by atoms with Crippen molar-refractivity contribution >= 4 is 23.1 Å². The number of nitrogens with one attached hydrogen (secondary N) is 2. The Kier molecular flexibility index (Phi) is 2.70. The molecular formula is C11H13N5O. The lowest BCUT2D eigenvalue weighted by Gasteiger charge is -2.08. The van der Waals surface area contributed by atoms with Crippen LogP contribution in [0.25, 0.3) is 0 Å². The summed E-state index contributed by atoms with van der Waals surface area (Å²) in [5.41, 5.74) is 12.5. The smallest absolute Gasteiger partial charge is 0.277 e. The van der Waals surface area contributed by atoms with E-state index in [1.165, 1.54) is 0 Å². The van der Waals surface area contributed by atoms with Crippen LogP contribution in [0.4, 0.5) is 23.1 Å². The summed E-state index contributed by atoms with van der Waals surface area (Å²) in [7, 11) is 0. The third-order valence-electron chi connectivity index (χ3n) is 2.29. The zero-order valence-corrected chi connectivity index (χ0v) is 9.32. The molecular weight excluding hydrogens is 218 g/mol. The van der Waals surface area contributed by atoms with E-state index in [1.807, 2.05) is 31.2 Å². The topological polar surface area (TPSA) is 110 Å². The molecule has 1 aromatic carbocycles. The lowest BCUT2D eigenvalue weighted by Crippen LogP contribution is -2.17. The number of hydrogen-bond donors (Lipinski definition) is 4. The number of nitrogens with zero attached hydrogens (tertiary/aromatic N) is 1. The van der Waals surface area contributed by atoms with Gasteiger partial charge in [-0.25, -0.2) is 0 Å². The van der Waals surface area contributed by atoms with Crippen molar-refractivity contribution in [3.63, 3.8) is 0 Å².